The highest BCUT2D eigenvalue weighted by molar-refractivity contribution is 5.00. The third-order valence-electron chi connectivity index (χ3n) is 1.82. The number of halogens is 3. The summed E-state index contributed by atoms with van der Waals surface area (Å²) < 4.78 is 34.9. The second-order valence-corrected chi connectivity index (χ2v) is 3.31. The SMILES string of the molecule is CCCCCCCC#CCC(F)(F)F. The third kappa shape index (κ3) is 11.4. The van der Waals surface area contributed by atoms with Gasteiger partial charge in [0.15, 0.2) is 0 Å². The number of rotatable bonds is 5. The molecular weight excluding hydrogens is 189 g/mol. The Labute approximate surface area is 83.9 Å². The van der Waals surface area contributed by atoms with Crippen LogP contribution in [0.4, 0.5) is 13.2 Å². The first-order chi connectivity index (χ1) is 6.56. The van der Waals surface area contributed by atoms with E-state index in [0.29, 0.717) is 6.42 Å². The minimum Gasteiger partial charge on any atom is -0.170 e. The monoisotopic (exact) mass is 206 g/mol. The van der Waals surface area contributed by atoms with E-state index < -0.39 is 12.6 Å². The Balaban J connectivity index is 3.27. The summed E-state index contributed by atoms with van der Waals surface area (Å²) in [5.74, 6) is 4.69. The molecule has 3 heteroatoms. The van der Waals surface area contributed by atoms with Crippen molar-refractivity contribution in [3.05, 3.63) is 0 Å². The molecule has 0 aromatic heterocycles. The lowest BCUT2D eigenvalue weighted by molar-refractivity contribution is -0.123. The van der Waals surface area contributed by atoms with E-state index >= 15 is 0 Å². The molecule has 0 aromatic rings. The van der Waals surface area contributed by atoms with Crippen LogP contribution in [0.15, 0.2) is 0 Å². The van der Waals surface area contributed by atoms with Crippen molar-refractivity contribution in [1.82, 2.24) is 0 Å². The fourth-order valence-electron chi connectivity index (χ4n) is 1.07. The summed E-state index contributed by atoms with van der Waals surface area (Å²) in [6.07, 6.45) is 1.05. The zero-order chi connectivity index (χ0) is 10.9. The van der Waals surface area contributed by atoms with Crippen molar-refractivity contribution in [3.63, 3.8) is 0 Å². The molecule has 0 N–H and O–H groups in total. The number of hydrogen-bond donors (Lipinski definition) is 0. The molecule has 0 saturated carbocycles. The van der Waals surface area contributed by atoms with E-state index in [1.54, 1.807) is 0 Å². The molecule has 82 valence electrons. The molecule has 0 aliphatic heterocycles. The Morgan fingerprint density at radius 1 is 0.929 bits per heavy atom. The first-order valence-electron chi connectivity index (χ1n) is 5.08. The highest BCUT2D eigenvalue weighted by atomic mass is 19.4. The van der Waals surface area contributed by atoms with E-state index in [0.717, 1.165) is 19.3 Å². The molecule has 0 atom stereocenters. The van der Waals surface area contributed by atoms with Crippen LogP contribution in [-0.2, 0) is 0 Å². The molecule has 0 aliphatic rings. The second-order valence-electron chi connectivity index (χ2n) is 3.31. The van der Waals surface area contributed by atoms with Gasteiger partial charge in [-0.05, 0) is 6.42 Å². The summed E-state index contributed by atoms with van der Waals surface area (Å²) in [4.78, 5) is 0. The standard InChI is InChI=1S/C11H17F3/c1-2-3-4-5-6-7-8-9-10-11(12,13)14/h2-7,10H2,1H3. The lowest BCUT2D eigenvalue weighted by Gasteiger charge is -1.98. The second kappa shape index (κ2) is 7.73. The highest BCUT2D eigenvalue weighted by Gasteiger charge is 2.24. The Bertz CT molecular complexity index is 183. The van der Waals surface area contributed by atoms with Crippen LogP contribution in [0.25, 0.3) is 0 Å². The average Bonchev–Trinajstić information content (AvgIpc) is 2.08. The van der Waals surface area contributed by atoms with Gasteiger partial charge in [0.2, 0.25) is 0 Å². The predicted octanol–water partition coefficient (Wildman–Crippen LogP) is 4.30. The van der Waals surface area contributed by atoms with Gasteiger partial charge in [-0.3, -0.25) is 0 Å². The van der Waals surface area contributed by atoms with Gasteiger partial charge in [-0.1, -0.05) is 38.5 Å². The number of hydrogen-bond acceptors (Lipinski definition) is 0. The summed E-state index contributed by atoms with van der Waals surface area (Å²) in [6.45, 7) is 2.13. The maximum atomic E-state index is 11.6. The fourth-order valence-corrected chi connectivity index (χ4v) is 1.07. The molecule has 0 heterocycles. The average molecular weight is 206 g/mol. The summed E-state index contributed by atoms with van der Waals surface area (Å²) in [5, 5.41) is 0. The highest BCUT2D eigenvalue weighted by Crippen LogP contribution is 2.18. The molecule has 0 fully saturated rings. The van der Waals surface area contributed by atoms with Gasteiger partial charge in [0.1, 0.15) is 6.42 Å². The summed E-state index contributed by atoms with van der Waals surface area (Å²) in [7, 11) is 0. The minimum atomic E-state index is -4.13. The first-order valence-corrected chi connectivity index (χ1v) is 5.08. The van der Waals surface area contributed by atoms with E-state index in [1.807, 2.05) is 0 Å². The molecule has 0 amide bonds. The van der Waals surface area contributed by atoms with E-state index in [9.17, 15) is 13.2 Å². The largest absolute Gasteiger partial charge is 0.399 e. The van der Waals surface area contributed by atoms with Crippen LogP contribution in [0.5, 0.6) is 0 Å². The van der Waals surface area contributed by atoms with Crippen molar-refractivity contribution in [3.8, 4) is 11.8 Å². The molecule has 0 radical (unpaired) electrons. The Morgan fingerprint density at radius 2 is 1.57 bits per heavy atom. The van der Waals surface area contributed by atoms with Crippen LogP contribution in [0.1, 0.15) is 51.9 Å². The summed E-state index contributed by atoms with van der Waals surface area (Å²) in [6, 6.07) is 0. The van der Waals surface area contributed by atoms with Crippen molar-refractivity contribution >= 4 is 0 Å². The first kappa shape index (κ1) is 13.4. The van der Waals surface area contributed by atoms with Gasteiger partial charge < -0.3 is 0 Å². The van der Waals surface area contributed by atoms with Gasteiger partial charge in [0, 0.05) is 6.42 Å². The predicted molar refractivity (Wildman–Crippen MR) is 51.8 cm³/mol. The van der Waals surface area contributed by atoms with Gasteiger partial charge in [-0.2, -0.15) is 13.2 Å². The van der Waals surface area contributed by atoms with Crippen molar-refractivity contribution < 1.29 is 13.2 Å². The van der Waals surface area contributed by atoms with E-state index in [2.05, 4.69) is 18.8 Å². The van der Waals surface area contributed by atoms with Gasteiger partial charge in [-0.25, -0.2) is 0 Å². The Morgan fingerprint density at radius 3 is 2.14 bits per heavy atom. The molecule has 14 heavy (non-hydrogen) atoms. The topological polar surface area (TPSA) is 0 Å². The minimum absolute atomic E-state index is 0.597. The lowest BCUT2D eigenvalue weighted by Crippen LogP contribution is -2.04. The van der Waals surface area contributed by atoms with Gasteiger partial charge >= 0.3 is 6.18 Å². The lowest BCUT2D eigenvalue weighted by atomic mass is 10.1. The van der Waals surface area contributed by atoms with E-state index in [4.69, 9.17) is 0 Å². The van der Waals surface area contributed by atoms with Crippen molar-refractivity contribution in [1.29, 1.82) is 0 Å². The van der Waals surface area contributed by atoms with E-state index in [1.165, 1.54) is 12.8 Å². The maximum Gasteiger partial charge on any atom is 0.399 e. The quantitative estimate of drug-likeness (QED) is 0.464. The maximum absolute atomic E-state index is 11.6. The van der Waals surface area contributed by atoms with Crippen LogP contribution in [0.3, 0.4) is 0 Å². The van der Waals surface area contributed by atoms with Crippen LogP contribution in [0, 0.1) is 11.8 Å². The van der Waals surface area contributed by atoms with Crippen molar-refractivity contribution in [2.45, 2.75) is 58.0 Å². The Hall–Kier alpha value is -0.650. The molecule has 0 rings (SSSR count). The molecule has 0 spiro atoms. The van der Waals surface area contributed by atoms with E-state index in [-0.39, 0.29) is 0 Å². The molecule has 0 saturated heterocycles. The number of alkyl halides is 3. The van der Waals surface area contributed by atoms with Crippen molar-refractivity contribution in [2.75, 3.05) is 0 Å². The van der Waals surface area contributed by atoms with Gasteiger partial charge in [0.05, 0.1) is 0 Å². The van der Waals surface area contributed by atoms with Crippen LogP contribution in [-0.4, -0.2) is 6.18 Å². The van der Waals surface area contributed by atoms with Crippen LogP contribution >= 0.6 is 0 Å². The molecule has 0 aliphatic carbocycles. The molecular formula is C11H17F3. The number of unbranched alkanes of at least 4 members (excludes halogenated alkanes) is 5. The normalized spacial score (nSPS) is 10.9. The summed E-state index contributed by atoms with van der Waals surface area (Å²) >= 11 is 0. The van der Waals surface area contributed by atoms with Gasteiger partial charge in [0.25, 0.3) is 0 Å². The molecule has 0 aromatic carbocycles. The summed E-state index contributed by atoms with van der Waals surface area (Å²) in [5.41, 5.74) is 0. The van der Waals surface area contributed by atoms with Crippen molar-refractivity contribution in [2.24, 2.45) is 0 Å². The Kier molecular flexibility index (Phi) is 7.37. The fraction of sp³-hybridized carbons (Fsp3) is 0.818. The molecule has 0 bridgehead atoms. The molecule has 0 nitrogen and oxygen atoms in total. The molecule has 0 unspecified atom stereocenters. The third-order valence-corrected chi connectivity index (χ3v) is 1.82. The van der Waals surface area contributed by atoms with Gasteiger partial charge in [-0.15, -0.1) is 5.92 Å². The van der Waals surface area contributed by atoms with Crippen LogP contribution < -0.4 is 0 Å². The smallest absolute Gasteiger partial charge is 0.170 e. The van der Waals surface area contributed by atoms with Crippen LogP contribution in [0.2, 0.25) is 0 Å². The zero-order valence-electron chi connectivity index (χ0n) is 8.58. The zero-order valence-corrected chi connectivity index (χ0v) is 8.58.